The standard InChI is InChI=1S/C8H12N4O2.ClH/c1-5-7(10-11-8(9)14)3-6(13)4-12(5)2;/h3-5H,1-2H3,(H3,9,13,14);1H. The van der Waals surface area contributed by atoms with Gasteiger partial charge in [0.1, 0.15) is 12.8 Å². The van der Waals surface area contributed by atoms with Gasteiger partial charge in [-0.25, -0.2) is 14.8 Å². The fourth-order valence-electron chi connectivity index (χ4n) is 1.08. The summed E-state index contributed by atoms with van der Waals surface area (Å²) in [5.41, 5.74) is 7.53. The van der Waals surface area contributed by atoms with E-state index in [1.807, 2.05) is 6.92 Å². The Morgan fingerprint density at radius 3 is 2.87 bits per heavy atom. The molecule has 1 heterocycles. The maximum absolute atomic E-state index is 10.4. The second-order valence-corrected chi connectivity index (χ2v) is 3.05. The Morgan fingerprint density at radius 1 is 1.73 bits per heavy atom. The Balaban J connectivity index is 0.00000196. The van der Waals surface area contributed by atoms with E-state index in [9.17, 15) is 9.90 Å². The van der Waals surface area contributed by atoms with Crippen LogP contribution in [0.2, 0.25) is 0 Å². The summed E-state index contributed by atoms with van der Waals surface area (Å²) in [7, 11) is 1.80. The molecule has 0 radical (unpaired) electrons. The Morgan fingerprint density at radius 2 is 2.33 bits per heavy atom. The van der Waals surface area contributed by atoms with Crippen LogP contribution in [0.4, 0.5) is 4.79 Å². The smallest absolute Gasteiger partial charge is 0.332 e. The predicted octanol–water partition coefficient (Wildman–Crippen LogP) is -3.43. The van der Waals surface area contributed by atoms with E-state index in [2.05, 4.69) is 10.5 Å². The molecule has 7 heteroatoms. The number of carbonyl (C=O) groups is 1. The van der Waals surface area contributed by atoms with E-state index in [1.165, 1.54) is 6.08 Å². The first-order chi connectivity index (χ1) is 6.50. The van der Waals surface area contributed by atoms with Crippen LogP contribution in [0.25, 0.3) is 0 Å². The zero-order valence-corrected chi connectivity index (χ0v) is 9.19. The number of urea groups is 1. The average molecular weight is 233 g/mol. The molecular formula is C8H13ClN4O2. The summed E-state index contributed by atoms with van der Waals surface area (Å²) in [5, 5.41) is 13.0. The molecule has 1 aliphatic rings. The van der Waals surface area contributed by atoms with Gasteiger partial charge in [-0.1, -0.05) is 0 Å². The maximum Gasteiger partial charge on any atom is 0.332 e. The predicted molar refractivity (Wildman–Crippen MR) is 52.6 cm³/mol. The molecule has 1 rings (SSSR count). The van der Waals surface area contributed by atoms with E-state index in [0.717, 1.165) is 0 Å². The van der Waals surface area contributed by atoms with E-state index < -0.39 is 6.03 Å². The third-order valence-electron chi connectivity index (χ3n) is 1.97. The minimum Gasteiger partial charge on any atom is -1.00 e. The Hall–Kier alpha value is -1.56. The number of nitrogens with zero attached hydrogens (tertiary/aromatic N) is 2. The summed E-state index contributed by atoms with van der Waals surface area (Å²) in [6.45, 7) is 1.89. The number of carbonyl (C=O) groups excluding carboxylic acids is 1. The number of rotatable bonds is 1. The van der Waals surface area contributed by atoms with Gasteiger partial charge in [-0.2, -0.15) is 5.10 Å². The molecule has 0 spiro atoms. The lowest BCUT2D eigenvalue weighted by Gasteiger charge is -2.12. The number of primary amides is 1. The second-order valence-electron chi connectivity index (χ2n) is 3.05. The number of hydrogen-bond donors (Lipinski definition) is 3. The third-order valence-corrected chi connectivity index (χ3v) is 1.97. The number of halogens is 1. The molecule has 0 aromatic carbocycles. The van der Waals surface area contributed by atoms with Crippen molar-refractivity contribution in [1.29, 1.82) is 0 Å². The van der Waals surface area contributed by atoms with Gasteiger partial charge < -0.3 is 23.2 Å². The van der Waals surface area contributed by atoms with Gasteiger partial charge in [0.2, 0.25) is 6.21 Å². The summed E-state index contributed by atoms with van der Waals surface area (Å²) in [6, 6.07) is -0.743. The van der Waals surface area contributed by atoms with Gasteiger partial charge in [0.05, 0.1) is 0 Å². The highest BCUT2D eigenvalue weighted by Gasteiger charge is 2.22. The van der Waals surface area contributed by atoms with Gasteiger partial charge in [0.15, 0.2) is 11.8 Å². The van der Waals surface area contributed by atoms with Crippen LogP contribution in [0.3, 0.4) is 0 Å². The van der Waals surface area contributed by atoms with Gasteiger partial charge in [-0.3, -0.25) is 0 Å². The first-order valence-electron chi connectivity index (χ1n) is 4.11. The van der Waals surface area contributed by atoms with Crippen LogP contribution < -0.4 is 23.6 Å². The molecule has 0 saturated carbocycles. The molecule has 84 valence electrons. The van der Waals surface area contributed by atoms with Gasteiger partial charge in [-0.05, 0) is 0 Å². The van der Waals surface area contributed by atoms with Gasteiger partial charge in [0, 0.05) is 13.0 Å². The quantitative estimate of drug-likeness (QED) is 0.325. The summed E-state index contributed by atoms with van der Waals surface area (Å²) in [5.74, 6) is 0.0932. The van der Waals surface area contributed by atoms with Crippen molar-refractivity contribution >= 4 is 18.0 Å². The van der Waals surface area contributed by atoms with Crippen molar-refractivity contribution in [3.63, 3.8) is 0 Å². The van der Waals surface area contributed by atoms with Gasteiger partial charge in [0.25, 0.3) is 0 Å². The van der Waals surface area contributed by atoms with E-state index >= 15 is 0 Å². The van der Waals surface area contributed by atoms with Crippen molar-refractivity contribution in [2.45, 2.75) is 13.0 Å². The number of nitrogens with one attached hydrogen (secondary N) is 1. The van der Waals surface area contributed by atoms with E-state index in [0.29, 0.717) is 5.71 Å². The number of aliphatic hydroxyl groups excluding tert-OH is 1. The highest BCUT2D eigenvalue weighted by atomic mass is 35.5. The van der Waals surface area contributed by atoms with Crippen molar-refractivity contribution in [2.75, 3.05) is 7.05 Å². The van der Waals surface area contributed by atoms with Crippen molar-refractivity contribution in [2.24, 2.45) is 10.8 Å². The normalized spacial score (nSPS) is 22.5. The molecule has 4 N–H and O–H groups in total. The van der Waals surface area contributed by atoms with Crippen LogP contribution >= 0.6 is 0 Å². The Labute approximate surface area is 93.6 Å². The average Bonchev–Trinajstić information content (AvgIpc) is 2.08. The molecule has 1 unspecified atom stereocenters. The SMILES string of the molecule is CC1C(=NNC(N)=O)C=C(O)C=[N+]1C.[Cl-]. The summed E-state index contributed by atoms with van der Waals surface area (Å²) < 4.78 is 1.77. The monoisotopic (exact) mass is 232 g/mol. The maximum atomic E-state index is 10.4. The number of amides is 2. The van der Waals surface area contributed by atoms with E-state index in [4.69, 9.17) is 5.73 Å². The Bertz CT molecular complexity index is 349. The number of allylic oxidation sites excluding steroid dienone is 1. The molecular weight excluding hydrogens is 220 g/mol. The first kappa shape index (κ1) is 13.4. The van der Waals surface area contributed by atoms with Crippen molar-refractivity contribution in [3.05, 3.63) is 11.8 Å². The van der Waals surface area contributed by atoms with Crippen molar-refractivity contribution < 1.29 is 26.9 Å². The largest absolute Gasteiger partial charge is 1.00 e. The molecule has 15 heavy (non-hydrogen) atoms. The molecule has 6 nitrogen and oxygen atoms in total. The Kier molecular flexibility index (Phi) is 4.80. The second kappa shape index (κ2) is 5.35. The number of hydrogen-bond acceptors (Lipinski definition) is 3. The molecule has 0 aliphatic carbocycles. The molecule has 1 atom stereocenters. The molecule has 0 bridgehead atoms. The van der Waals surface area contributed by atoms with Crippen molar-refractivity contribution in [3.8, 4) is 0 Å². The van der Waals surface area contributed by atoms with Crippen molar-refractivity contribution in [1.82, 2.24) is 5.43 Å². The lowest BCUT2D eigenvalue weighted by atomic mass is 10.1. The zero-order valence-electron chi connectivity index (χ0n) is 8.44. The fraction of sp³-hybridized carbons (Fsp3) is 0.375. The molecule has 2 amide bonds. The van der Waals surface area contributed by atoms with Crippen LogP contribution in [0, 0.1) is 0 Å². The summed E-state index contributed by atoms with van der Waals surface area (Å²) in [4.78, 5) is 10.4. The topological polar surface area (TPSA) is 90.7 Å². The molecule has 1 aliphatic heterocycles. The highest BCUT2D eigenvalue weighted by Crippen LogP contribution is 2.02. The van der Waals surface area contributed by atoms with Gasteiger partial charge >= 0.3 is 6.03 Å². The minimum absolute atomic E-state index is 0. The van der Waals surface area contributed by atoms with E-state index in [1.54, 1.807) is 17.8 Å². The number of nitrogens with two attached hydrogens (primary N) is 1. The molecule has 0 fully saturated rings. The molecule has 0 saturated heterocycles. The highest BCUT2D eigenvalue weighted by molar-refractivity contribution is 6.03. The van der Waals surface area contributed by atoms with Crippen LogP contribution in [0.5, 0.6) is 0 Å². The molecule has 0 aromatic heterocycles. The number of hydrazone groups is 1. The minimum atomic E-state index is -0.727. The zero-order chi connectivity index (χ0) is 10.7. The summed E-state index contributed by atoms with van der Waals surface area (Å²) in [6.07, 6.45) is 3.05. The van der Waals surface area contributed by atoms with E-state index in [-0.39, 0.29) is 24.2 Å². The number of aliphatic hydroxyl groups is 1. The first-order valence-corrected chi connectivity index (χ1v) is 4.11. The fourth-order valence-corrected chi connectivity index (χ4v) is 1.08. The van der Waals surface area contributed by atoms with Crippen LogP contribution in [-0.4, -0.2) is 40.7 Å². The molecule has 0 aromatic rings. The van der Waals surface area contributed by atoms with Crippen LogP contribution in [0.15, 0.2) is 16.9 Å². The lowest BCUT2D eigenvalue weighted by Crippen LogP contribution is -3.00. The lowest BCUT2D eigenvalue weighted by molar-refractivity contribution is -0.511. The summed E-state index contributed by atoms with van der Waals surface area (Å²) >= 11 is 0. The van der Waals surface area contributed by atoms with Gasteiger partial charge in [-0.15, -0.1) is 0 Å². The third kappa shape index (κ3) is 3.59. The van der Waals surface area contributed by atoms with Crippen LogP contribution in [0.1, 0.15) is 6.92 Å². The van der Waals surface area contributed by atoms with Crippen LogP contribution in [-0.2, 0) is 0 Å².